The first-order valence-electron chi connectivity index (χ1n) is 10.5. The number of hydrogen-bond acceptors (Lipinski definition) is 4. The molecule has 2 N–H and O–H groups in total. The molecule has 4 aromatic rings. The van der Waals surface area contributed by atoms with E-state index in [2.05, 4.69) is 10.0 Å². The van der Waals surface area contributed by atoms with Crippen LogP contribution in [0.25, 0.3) is 10.8 Å². The van der Waals surface area contributed by atoms with Gasteiger partial charge in [-0.25, -0.2) is 8.42 Å². The molecule has 7 heteroatoms. The lowest BCUT2D eigenvalue weighted by molar-refractivity contribution is -0.115. The number of hydrogen-bond donors (Lipinski definition) is 2. The molecular formula is C26H24N2O3S2. The number of sulfonamides is 1. The van der Waals surface area contributed by atoms with Gasteiger partial charge in [0.15, 0.2) is 0 Å². The van der Waals surface area contributed by atoms with Crippen LogP contribution in [0, 0.1) is 0 Å². The Kier molecular flexibility index (Phi) is 7.01. The van der Waals surface area contributed by atoms with Crippen LogP contribution in [-0.2, 0) is 20.6 Å². The van der Waals surface area contributed by atoms with Crippen molar-refractivity contribution in [2.45, 2.75) is 22.8 Å². The van der Waals surface area contributed by atoms with E-state index in [1.165, 1.54) is 12.1 Å². The van der Waals surface area contributed by atoms with Crippen LogP contribution in [-0.4, -0.2) is 19.6 Å². The number of benzene rings is 4. The van der Waals surface area contributed by atoms with Gasteiger partial charge in [0.2, 0.25) is 5.91 Å². The second kappa shape index (κ2) is 10.1. The zero-order valence-electron chi connectivity index (χ0n) is 18.1. The minimum absolute atomic E-state index is 0.125. The fourth-order valence-corrected chi connectivity index (χ4v) is 5.28. The van der Waals surface area contributed by atoms with Gasteiger partial charge in [-0.2, -0.15) is 0 Å². The normalized spacial score (nSPS) is 12.3. The van der Waals surface area contributed by atoms with Crippen molar-refractivity contribution in [3.63, 3.8) is 0 Å². The summed E-state index contributed by atoms with van der Waals surface area (Å²) in [5.74, 6) is 0.618. The van der Waals surface area contributed by atoms with Gasteiger partial charge in [-0.05, 0) is 48.2 Å². The Labute approximate surface area is 198 Å². The van der Waals surface area contributed by atoms with Crippen LogP contribution >= 0.6 is 11.8 Å². The molecule has 0 saturated carbocycles. The molecule has 0 aliphatic carbocycles. The van der Waals surface area contributed by atoms with Gasteiger partial charge in [-0.15, -0.1) is 11.8 Å². The molecule has 0 bridgehead atoms. The maximum Gasteiger partial charge on any atom is 0.261 e. The first-order chi connectivity index (χ1) is 15.9. The first kappa shape index (κ1) is 22.9. The predicted octanol–water partition coefficient (Wildman–Crippen LogP) is 5.90. The van der Waals surface area contributed by atoms with E-state index in [9.17, 15) is 13.2 Å². The molecule has 4 rings (SSSR count). The fourth-order valence-electron chi connectivity index (χ4n) is 3.35. The molecule has 0 radical (unpaired) electrons. The van der Waals surface area contributed by atoms with E-state index in [1.54, 1.807) is 30.0 Å². The topological polar surface area (TPSA) is 75.3 Å². The number of thioether (sulfide) groups is 1. The minimum atomic E-state index is -3.77. The lowest BCUT2D eigenvalue weighted by Crippen LogP contribution is -2.22. The molecule has 0 heterocycles. The zero-order chi connectivity index (χ0) is 23.3. The quantitative estimate of drug-likeness (QED) is 0.332. The Balaban J connectivity index is 1.40. The third-order valence-electron chi connectivity index (χ3n) is 5.18. The van der Waals surface area contributed by atoms with Crippen LogP contribution < -0.4 is 10.0 Å². The van der Waals surface area contributed by atoms with Crippen molar-refractivity contribution in [2.24, 2.45) is 0 Å². The molecule has 0 spiro atoms. The number of carbonyl (C=O) groups is 1. The third kappa shape index (κ3) is 5.74. The van der Waals surface area contributed by atoms with Crippen LogP contribution in [0.3, 0.4) is 0 Å². The Morgan fingerprint density at radius 1 is 0.848 bits per heavy atom. The molecule has 0 fully saturated rings. The van der Waals surface area contributed by atoms with Gasteiger partial charge in [-0.1, -0.05) is 66.7 Å². The number of carbonyl (C=O) groups excluding carboxylic acids is 1. The summed E-state index contributed by atoms with van der Waals surface area (Å²) in [7, 11) is -3.77. The van der Waals surface area contributed by atoms with E-state index in [-0.39, 0.29) is 16.1 Å². The van der Waals surface area contributed by atoms with Gasteiger partial charge in [0.05, 0.1) is 15.8 Å². The molecule has 5 nitrogen and oxygen atoms in total. The van der Waals surface area contributed by atoms with Crippen LogP contribution in [0.2, 0.25) is 0 Å². The van der Waals surface area contributed by atoms with Crippen LogP contribution in [0.1, 0.15) is 12.5 Å². The molecule has 1 atom stereocenters. The maximum atomic E-state index is 12.9. The zero-order valence-corrected chi connectivity index (χ0v) is 19.7. The molecule has 0 saturated heterocycles. The fraction of sp³-hybridized carbons (Fsp3) is 0.115. The molecule has 4 aromatic carbocycles. The molecule has 0 aliphatic heterocycles. The summed E-state index contributed by atoms with van der Waals surface area (Å²) in [6, 6.07) is 29.2. The number of anilines is 2. The number of fused-ring (bicyclic) bond motifs is 1. The van der Waals surface area contributed by atoms with Gasteiger partial charge in [-0.3, -0.25) is 9.52 Å². The molecule has 1 amide bonds. The molecule has 168 valence electrons. The van der Waals surface area contributed by atoms with Crippen molar-refractivity contribution < 1.29 is 13.2 Å². The van der Waals surface area contributed by atoms with Gasteiger partial charge in [0.1, 0.15) is 0 Å². The summed E-state index contributed by atoms with van der Waals surface area (Å²) in [4.78, 5) is 12.6. The average molecular weight is 477 g/mol. The standard InChI is InChI=1S/C26H24N2O3S2/c1-19(32-18-20-8-3-2-4-9-20)26(29)27-22-14-16-23(17-15-22)33(30,31)28-25-13-7-11-21-10-5-6-12-24(21)25/h2-17,19,28H,18H2,1H3,(H,27,29). The van der Waals surface area contributed by atoms with Crippen LogP contribution in [0.4, 0.5) is 11.4 Å². The molecule has 1 unspecified atom stereocenters. The largest absolute Gasteiger partial charge is 0.325 e. The van der Waals surface area contributed by atoms with Crippen molar-refractivity contribution >= 4 is 49.8 Å². The van der Waals surface area contributed by atoms with Crippen molar-refractivity contribution in [3.05, 3.63) is 103 Å². The third-order valence-corrected chi connectivity index (χ3v) is 7.77. The van der Waals surface area contributed by atoms with E-state index < -0.39 is 10.0 Å². The van der Waals surface area contributed by atoms with Crippen molar-refractivity contribution in [1.29, 1.82) is 0 Å². The minimum Gasteiger partial charge on any atom is -0.325 e. The van der Waals surface area contributed by atoms with Crippen LogP contribution in [0.5, 0.6) is 0 Å². The number of amides is 1. The van der Waals surface area contributed by atoms with E-state index in [1.807, 2.05) is 73.7 Å². The highest BCUT2D eigenvalue weighted by molar-refractivity contribution is 7.99. The van der Waals surface area contributed by atoms with E-state index >= 15 is 0 Å². The van der Waals surface area contributed by atoms with Gasteiger partial charge in [0, 0.05) is 16.8 Å². The summed E-state index contributed by atoms with van der Waals surface area (Å²) < 4.78 is 28.5. The lowest BCUT2D eigenvalue weighted by atomic mass is 10.1. The second-order valence-electron chi connectivity index (χ2n) is 7.58. The Morgan fingerprint density at radius 3 is 2.27 bits per heavy atom. The van der Waals surface area contributed by atoms with Gasteiger partial charge < -0.3 is 5.32 Å². The smallest absolute Gasteiger partial charge is 0.261 e. The van der Waals surface area contributed by atoms with E-state index in [0.29, 0.717) is 11.4 Å². The highest BCUT2D eigenvalue weighted by Gasteiger charge is 2.17. The van der Waals surface area contributed by atoms with Crippen molar-refractivity contribution in [1.82, 2.24) is 0 Å². The van der Waals surface area contributed by atoms with E-state index in [0.717, 1.165) is 22.1 Å². The Bertz CT molecular complexity index is 1350. The SMILES string of the molecule is CC(SCc1ccccc1)C(=O)Nc1ccc(S(=O)(=O)Nc2cccc3ccccc23)cc1. The summed E-state index contributed by atoms with van der Waals surface area (Å²) >= 11 is 1.55. The Hall–Kier alpha value is -3.29. The molecule has 33 heavy (non-hydrogen) atoms. The monoisotopic (exact) mass is 476 g/mol. The molecular weight excluding hydrogens is 452 g/mol. The molecule has 0 aromatic heterocycles. The van der Waals surface area contributed by atoms with Crippen molar-refractivity contribution in [2.75, 3.05) is 10.0 Å². The average Bonchev–Trinajstić information content (AvgIpc) is 2.83. The predicted molar refractivity (Wildman–Crippen MR) is 137 cm³/mol. The van der Waals surface area contributed by atoms with Gasteiger partial charge in [0.25, 0.3) is 10.0 Å². The lowest BCUT2D eigenvalue weighted by Gasteiger charge is -2.13. The van der Waals surface area contributed by atoms with Crippen LogP contribution in [0.15, 0.2) is 102 Å². The Morgan fingerprint density at radius 2 is 1.52 bits per heavy atom. The summed E-state index contributed by atoms with van der Waals surface area (Å²) in [5, 5.41) is 4.39. The highest BCUT2D eigenvalue weighted by Crippen LogP contribution is 2.26. The first-order valence-corrected chi connectivity index (χ1v) is 13.0. The highest BCUT2D eigenvalue weighted by atomic mass is 32.2. The van der Waals surface area contributed by atoms with Gasteiger partial charge >= 0.3 is 0 Å². The van der Waals surface area contributed by atoms with E-state index in [4.69, 9.17) is 0 Å². The summed E-state index contributed by atoms with van der Waals surface area (Å²) in [6.07, 6.45) is 0. The molecule has 0 aliphatic rings. The number of rotatable bonds is 8. The summed E-state index contributed by atoms with van der Waals surface area (Å²) in [5.41, 5.74) is 2.24. The maximum absolute atomic E-state index is 12.9. The van der Waals surface area contributed by atoms with Crippen molar-refractivity contribution in [3.8, 4) is 0 Å². The summed E-state index contributed by atoms with van der Waals surface area (Å²) in [6.45, 7) is 1.86. The second-order valence-corrected chi connectivity index (χ2v) is 10.6. The number of nitrogens with one attached hydrogen (secondary N) is 2.